The third kappa shape index (κ3) is 5.40. The Hall–Kier alpha value is -2.18. The second-order valence-corrected chi connectivity index (χ2v) is 6.90. The van der Waals surface area contributed by atoms with Gasteiger partial charge in [0.05, 0.1) is 22.6 Å². The average Bonchev–Trinajstić information content (AvgIpc) is 2.66. The van der Waals surface area contributed by atoms with Gasteiger partial charge < -0.3 is 10.8 Å². The number of carbonyl (C=O) groups is 2. The molecule has 1 aromatic carbocycles. The molecule has 0 saturated carbocycles. The third-order valence-corrected chi connectivity index (χ3v) is 5.15. The van der Waals surface area contributed by atoms with Crippen LogP contribution in [0.2, 0.25) is 5.02 Å². The van der Waals surface area contributed by atoms with Crippen molar-refractivity contribution in [2.45, 2.75) is 39.5 Å². The van der Waals surface area contributed by atoms with Crippen molar-refractivity contribution >= 4 is 34.4 Å². The van der Waals surface area contributed by atoms with E-state index < -0.39 is 5.97 Å². The summed E-state index contributed by atoms with van der Waals surface area (Å²) in [6, 6.07) is 4.93. The minimum Gasteiger partial charge on any atom is -0.478 e. The van der Waals surface area contributed by atoms with Gasteiger partial charge in [-0.1, -0.05) is 31.5 Å². The lowest BCUT2D eigenvalue weighted by Crippen LogP contribution is -2.33. The lowest BCUT2D eigenvalue weighted by molar-refractivity contribution is -0.119. The Bertz CT molecular complexity index is 835. The number of carboxylic acid groups (broad SMARTS) is 1. The van der Waals surface area contributed by atoms with Crippen molar-refractivity contribution in [3.8, 4) is 0 Å². The Balaban J connectivity index is 0.000000249. The van der Waals surface area contributed by atoms with Crippen LogP contribution >= 0.6 is 11.6 Å². The molecule has 1 aromatic heterocycles. The quantitative estimate of drug-likeness (QED) is 0.815. The average molecular weight is 392 g/mol. The van der Waals surface area contributed by atoms with Crippen LogP contribution in [0.3, 0.4) is 0 Å². The van der Waals surface area contributed by atoms with Crippen molar-refractivity contribution in [2.75, 3.05) is 19.6 Å². The van der Waals surface area contributed by atoms with Crippen LogP contribution in [0.25, 0.3) is 10.9 Å². The lowest BCUT2D eigenvalue weighted by Gasteiger charge is -2.17. The predicted octanol–water partition coefficient (Wildman–Crippen LogP) is 3.28. The molecule has 0 spiro atoms. The highest BCUT2D eigenvalue weighted by Gasteiger charge is 2.17. The summed E-state index contributed by atoms with van der Waals surface area (Å²) in [4.78, 5) is 27.8. The van der Waals surface area contributed by atoms with Crippen LogP contribution in [0.15, 0.2) is 18.2 Å². The highest BCUT2D eigenvalue weighted by atomic mass is 35.5. The number of halogens is 1. The van der Waals surface area contributed by atoms with Crippen LogP contribution in [0.1, 0.15) is 48.3 Å². The molecule has 1 heterocycles. The van der Waals surface area contributed by atoms with E-state index >= 15 is 0 Å². The number of hydrogen-bond acceptors (Lipinski definition) is 4. The number of carbonyl (C=O) groups excluding carboxylic acids is 1. The number of rotatable bonds is 5. The lowest BCUT2D eigenvalue weighted by atomic mass is 9.94. The summed E-state index contributed by atoms with van der Waals surface area (Å²) in [5.41, 5.74) is 8.06. The molecule has 7 heteroatoms. The Morgan fingerprint density at radius 3 is 2.44 bits per heavy atom. The van der Waals surface area contributed by atoms with Gasteiger partial charge in [0, 0.05) is 11.1 Å². The molecule has 3 N–H and O–H groups in total. The standard InChI is InChI=1S/C14H12ClNO2.C6H14N2O/c15-13-9-3-1-2-4-11(9)16-12-7-8(14(17)18)5-6-10(12)13;1-3-8(4-2)5-6(7)9/h5-7H,1-4H2,(H,17,18);3-5H2,1-2H3,(H2,7,9). The van der Waals surface area contributed by atoms with Crippen molar-refractivity contribution < 1.29 is 14.7 Å². The highest BCUT2D eigenvalue weighted by molar-refractivity contribution is 6.36. The summed E-state index contributed by atoms with van der Waals surface area (Å²) in [5.74, 6) is -1.19. The van der Waals surface area contributed by atoms with Crippen LogP contribution in [0, 0.1) is 0 Å². The number of amides is 1. The summed E-state index contributed by atoms with van der Waals surface area (Å²) in [6.07, 6.45) is 4.17. The van der Waals surface area contributed by atoms with E-state index in [0.717, 1.165) is 60.4 Å². The Labute approximate surface area is 164 Å². The number of primary amides is 1. The molecule has 2 aromatic rings. The number of aromatic nitrogens is 1. The first-order valence-electron chi connectivity index (χ1n) is 9.22. The van der Waals surface area contributed by atoms with Gasteiger partial charge in [-0.05, 0) is 56.5 Å². The van der Waals surface area contributed by atoms with Crippen LogP contribution in [0.5, 0.6) is 0 Å². The second-order valence-electron chi connectivity index (χ2n) is 6.52. The number of carboxylic acids is 1. The van der Waals surface area contributed by atoms with Gasteiger partial charge in [-0.15, -0.1) is 0 Å². The molecule has 0 atom stereocenters. The third-order valence-electron chi connectivity index (χ3n) is 4.71. The summed E-state index contributed by atoms with van der Waals surface area (Å²) in [5, 5.41) is 10.6. The van der Waals surface area contributed by atoms with Crippen LogP contribution < -0.4 is 5.73 Å². The summed E-state index contributed by atoms with van der Waals surface area (Å²) in [7, 11) is 0. The Morgan fingerprint density at radius 1 is 1.22 bits per heavy atom. The zero-order valence-corrected chi connectivity index (χ0v) is 16.6. The van der Waals surface area contributed by atoms with E-state index in [0.29, 0.717) is 12.1 Å². The molecule has 0 radical (unpaired) electrons. The monoisotopic (exact) mass is 391 g/mol. The second kappa shape index (κ2) is 9.67. The Kier molecular flexibility index (Phi) is 7.56. The zero-order valence-electron chi connectivity index (χ0n) is 15.8. The molecule has 0 bridgehead atoms. The van der Waals surface area contributed by atoms with E-state index in [9.17, 15) is 9.59 Å². The molecule has 1 aliphatic rings. The van der Waals surface area contributed by atoms with Crippen molar-refractivity contribution in [3.05, 3.63) is 40.0 Å². The number of aromatic carboxylic acids is 1. The molecule has 0 unspecified atom stereocenters. The number of hydrogen-bond donors (Lipinski definition) is 2. The van der Waals surface area contributed by atoms with Gasteiger partial charge in [0.25, 0.3) is 0 Å². The molecule has 1 amide bonds. The summed E-state index contributed by atoms with van der Waals surface area (Å²) >= 11 is 6.40. The van der Waals surface area contributed by atoms with Gasteiger partial charge in [0.2, 0.25) is 5.91 Å². The molecule has 146 valence electrons. The number of likely N-dealkylation sites (N-methyl/N-ethyl adjacent to an activating group) is 1. The van der Waals surface area contributed by atoms with E-state index in [2.05, 4.69) is 4.98 Å². The number of fused-ring (bicyclic) bond motifs is 2. The van der Waals surface area contributed by atoms with Crippen molar-refractivity contribution in [3.63, 3.8) is 0 Å². The van der Waals surface area contributed by atoms with E-state index in [1.165, 1.54) is 0 Å². The maximum absolute atomic E-state index is 11.0. The van der Waals surface area contributed by atoms with Gasteiger partial charge in [-0.2, -0.15) is 0 Å². The number of nitrogens with two attached hydrogens (primary N) is 1. The largest absolute Gasteiger partial charge is 0.478 e. The highest BCUT2D eigenvalue weighted by Crippen LogP contribution is 2.33. The minimum absolute atomic E-state index is 0.251. The molecular formula is C20H26ClN3O3. The molecule has 3 rings (SSSR count). The first-order valence-corrected chi connectivity index (χ1v) is 9.60. The number of aryl methyl sites for hydroxylation is 1. The number of pyridine rings is 1. The molecule has 0 fully saturated rings. The summed E-state index contributed by atoms with van der Waals surface area (Å²) < 4.78 is 0. The Morgan fingerprint density at radius 2 is 1.89 bits per heavy atom. The fourth-order valence-electron chi connectivity index (χ4n) is 3.17. The van der Waals surface area contributed by atoms with E-state index in [1.54, 1.807) is 18.2 Å². The van der Waals surface area contributed by atoms with Crippen molar-refractivity contribution in [1.29, 1.82) is 0 Å². The van der Waals surface area contributed by atoms with Gasteiger partial charge in [-0.3, -0.25) is 14.7 Å². The van der Waals surface area contributed by atoms with Gasteiger partial charge in [-0.25, -0.2) is 4.79 Å². The van der Waals surface area contributed by atoms with Crippen molar-refractivity contribution in [2.24, 2.45) is 5.73 Å². The van der Waals surface area contributed by atoms with Crippen LogP contribution in [-0.4, -0.2) is 46.5 Å². The van der Waals surface area contributed by atoms with Crippen molar-refractivity contribution in [1.82, 2.24) is 9.88 Å². The van der Waals surface area contributed by atoms with E-state index in [1.807, 2.05) is 18.7 Å². The fourth-order valence-corrected chi connectivity index (χ4v) is 3.53. The normalized spacial score (nSPS) is 13.0. The van der Waals surface area contributed by atoms with E-state index in [4.69, 9.17) is 22.4 Å². The SMILES string of the molecule is CCN(CC)CC(N)=O.O=C(O)c1ccc2c(Cl)c3c(nc2c1)CCCC3. The maximum Gasteiger partial charge on any atom is 0.335 e. The number of benzene rings is 1. The molecule has 1 aliphatic carbocycles. The smallest absolute Gasteiger partial charge is 0.335 e. The predicted molar refractivity (Wildman–Crippen MR) is 107 cm³/mol. The van der Waals surface area contributed by atoms with Crippen LogP contribution in [0.4, 0.5) is 0 Å². The first kappa shape index (κ1) is 21.1. The molecule has 27 heavy (non-hydrogen) atoms. The maximum atomic E-state index is 11.0. The van der Waals surface area contributed by atoms with Gasteiger partial charge in [0.15, 0.2) is 0 Å². The van der Waals surface area contributed by atoms with E-state index in [-0.39, 0.29) is 11.5 Å². The molecule has 6 nitrogen and oxygen atoms in total. The summed E-state index contributed by atoms with van der Waals surface area (Å²) in [6.45, 7) is 6.17. The molecule has 0 aliphatic heterocycles. The fraction of sp³-hybridized carbons (Fsp3) is 0.450. The number of nitrogens with zero attached hydrogens (tertiary/aromatic N) is 2. The molecule has 0 saturated heterocycles. The topological polar surface area (TPSA) is 96.5 Å². The van der Waals surface area contributed by atoms with Crippen LogP contribution in [-0.2, 0) is 17.6 Å². The zero-order chi connectivity index (χ0) is 20.0. The van der Waals surface area contributed by atoms with Gasteiger partial charge >= 0.3 is 5.97 Å². The minimum atomic E-state index is -0.937. The molecular weight excluding hydrogens is 366 g/mol. The first-order chi connectivity index (χ1) is 12.9. The van der Waals surface area contributed by atoms with Gasteiger partial charge in [0.1, 0.15) is 0 Å².